The zero-order chi connectivity index (χ0) is 20.4. The number of rotatable bonds is 11. The number of carboxylic acid groups (broad SMARTS) is 3. The molecule has 0 aliphatic heterocycles. The third-order valence-electron chi connectivity index (χ3n) is 2.91. The first-order valence-corrected chi connectivity index (χ1v) is 7.23. The van der Waals surface area contributed by atoms with Gasteiger partial charge in [0, 0.05) is 0 Å². The van der Waals surface area contributed by atoms with E-state index in [4.69, 9.17) is 21.1 Å². The van der Waals surface area contributed by atoms with Crippen LogP contribution in [0.4, 0.5) is 0 Å². The fourth-order valence-electron chi connectivity index (χ4n) is 1.64. The van der Waals surface area contributed by atoms with Gasteiger partial charge >= 0.3 is 17.9 Å². The van der Waals surface area contributed by atoms with Gasteiger partial charge in [-0.15, -0.1) is 0 Å². The van der Waals surface area contributed by atoms with Crippen LogP contribution in [0, 0.1) is 0 Å². The van der Waals surface area contributed by atoms with Gasteiger partial charge in [0.15, 0.2) is 0 Å². The fraction of sp³-hybridized carbons (Fsp3) is 0.538. The highest BCUT2D eigenvalue weighted by molar-refractivity contribution is 5.95. The first-order valence-electron chi connectivity index (χ1n) is 7.23. The smallest absolute Gasteiger partial charge is 0.322 e. The molecule has 0 rings (SSSR count). The Kier molecular flexibility index (Phi) is 9.29. The minimum absolute atomic E-state index is 0.682. The molecule has 0 spiro atoms. The maximum Gasteiger partial charge on any atom is 0.322 e. The second-order valence-electron chi connectivity index (χ2n) is 5.21. The van der Waals surface area contributed by atoms with E-state index in [9.17, 15) is 28.8 Å². The molecule has 146 valence electrons. The molecule has 0 bridgehead atoms. The van der Waals surface area contributed by atoms with Gasteiger partial charge in [0.25, 0.3) is 0 Å². The van der Waals surface area contributed by atoms with E-state index >= 15 is 0 Å². The molecule has 0 aromatic carbocycles. The lowest BCUT2D eigenvalue weighted by atomic mass is 10.1. The molecule has 0 radical (unpaired) electrons. The molecule has 8 N–H and O–H groups in total. The average molecular weight is 376 g/mol. The van der Waals surface area contributed by atoms with Crippen molar-refractivity contribution in [3.8, 4) is 0 Å². The van der Waals surface area contributed by atoms with E-state index in [1.807, 2.05) is 10.6 Å². The third kappa shape index (κ3) is 9.17. The molecule has 13 heteroatoms. The van der Waals surface area contributed by atoms with Crippen LogP contribution >= 0.6 is 0 Å². The number of hydrogen-bond acceptors (Lipinski definition) is 7. The van der Waals surface area contributed by atoms with E-state index in [1.54, 1.807) is 0 Å². The monoisotopic (exact) mass is 376 g/mol. The Balaban J connectivity index is 4.90. The van der Waals surface area contributed by atoms with Crippen LogP contribution in [0.25, 0.3) is 0 Å². The Morgan fingerprint density at radius 2 is 1.35 bits per heavy atom. The molecule has 0 fully saturated rings. The van der Waals surface area contributed by atoms with E-state index in [0.29, 0.717) is 0 Å². The van der Waals surface area contributed by atoms with E-state index < -0.39 is 73.1 Å². The molecular weight excluding hydrogens is 356 g/mol. The van der Waals surface area contributed by atoms with Crippen LogP contribution in [0.1, 0.15) is 19.8 Å². The van der Waals surface area contributed by atoms with Crippen molar-refractivity contribution >= 4 is 35.6 Å². The zero-order valence-corrected chi connectivity index (χ0v) is 13.7. The molecule has 0 aromatic rings. The van der Waals surface area contributed by atoms with Crippen LogP contribution in [-0.2, 0) is 28.8 Å². The summed E-state index contributed by atoms with van der Waals surface area (Å²) < 4.78 is 0. The topological polar surface area (TPSA) is 225 Å². The van der Waals surface area contributed by atoms with Gasteiger partial charge in [-0.3, -0.25) is 28.8 Å². The summed E-state index contributed by atoms with van der Waals surface area (Å²) in [6.45, 7) is 0.531. The minimum Gasteiger partial charge on any atom is -0.481 e. The molecule has 13 nitrogen and oxygen atoms in total. The Labute approximate surface area is 146 Å². The quantitative estimate of drug-likeness (QED) is 0.188. The first-order chi connectivity index (χ1) is 11.9. The van der Waals surface area contributed by atoms with Crippen LogP contribution in [0.3, 0.4) is 0 Å². The van der Waals surface area contributed by atoms with Crippen LogP contribution in [-0.4, -0.2) is 75.6 Å². The Morgan fingerprint density at radius 1 is 0.808 bits per heavy atom. The van der Waals surface area contributed by atoms with Gasteiger partial charge in [0.1, 0.15) is 18.6 Å². The molecule has 0 aliphatic rings. The summed E-state index contributed by atoms with van der Waals surface area (Å²) in [6, 6.07) is -4.34. The van der Waals surface area contributed by atoms with E-state index in [0.717, 1.165) is 0 Å². The lowest BCUT2D eigenvalue weighted by Crippen LogP contribution is -2.56. The van der Waals surface area contributed by atoms with Crippen molar-refractivity contribution in [1.29, 1.82) is 0 Å². The molecule has 3 amide bonds. The predicted molar refractivity (Wildman–Crippen MR) is 82.7 cm³/mol. The molecule has 0 saturated carbocycles. The standard InChI is InChI=1S/C13H20N4O9/c1-5(11(24)15-4-10(22)23)16-13(26)7(3-9(20)21)17-12(25)6(14)2-8(18)19/h5-7H,2-4,14H2,1H3,(H,15,24)(H,16,26)(H,17,25)(H,18,19)(H,20,21)(H,22,23). The number of nitrogens with one attached hydrogen (secondary N) is 3. The van der Waals surface area contributed by atoms with Gasteiger partial charge in [0.05, 0.1) is 18.9 Å². The predicted octanol–water partition coefficient (Wildman–Crippen LogP) is -3.55. The summed E-state index contributed by atoms with van der Waals surface area (Å²) in [5.74, 6) is -7.06. The van der Waals surface area contributed by atoms with Crippen molar-refractivity contribution < 1.29 is 44.1 Å². The van der Waals surface area contributed by atoms with E-state index in [2.05, 4.69) is 5.32 Å². The molecule has 0 heterocycles. The third-order valence-corrected chi connectivity index (χ3v) is 2.91. The lowest BCUT2D eigenvalue weighted by molar-refractivity contribution is -0.142. The Hall–Kier alpha value is -3.22. The first kappa shape index (κ1) is 22.8. The summed E-state index contributed by atoms with van der Waals surface area (Å²) >= 11 is 0. The van der Waals surface area contributed by atoms with Crippen LogP contribution in [0.2, 0.25) is 0 Å². The van der Waals surface area contributed by atoms with Gasteiger partial charge in [-0.2, -0.15) is 0 Å². The lowest BCUT2D eigenvalue weighted by Gasteiger charge is -2.21. The molecule has 0 saturated heterocycles. The van der Waals surface area contributed by atoms with Crippen LogP contribution in [0.5, 0.6) is 0 Å². The number of carbonyl (C=O) groups excluding carboxylic acids is 3. The highest BCUT2D eigenvalue weighted by atomic mass is 16.4. The SMILES string of the molecule is CC(NC(=O)C(CC(=O)O)NC(=O)C(N)CC(=O)O)C(=O)NCC(=O)O. The summed E-state index contributed by atoms with van der Waals surface area (Å²) in [7, 11) is 0. The fourth-order valence-corrected chi connectivity index (χ4v) is 1.64. The van der Waals surface area contributed by atoms with Crippen molar-refractivity contribution in [3.63, 3.8) is 0 Å². The highest BCUT2D eigenvalue weighted by Crippen LogP contribution is 1.98. The molecule has 26 heavy (non-hydrogen) atoms. The van der Waals surface area contributed by atoms with Crippen molar-refractivity contribution in [2.75, 3.05) is 6.54 Å². The summed E-state index contributed by atoms with van der Waals surface area (Å²) in [5.41, 5.74) is 5.32. The van der Waals surface area contributed by atoms with Crippen molar-refractivity contribution in [1.82, 2.24) is 16.0 Å². The number of nitrogens with two attached hydrogens (primary N) is 1. The van der Waals surface area contributed by atoms with E-state index in [-0.39, 0.29) is 0 Å². The van der Waals surface area contributed by atoms with Gasteiger partial charge in [-0.1, -0.05) is 0 Å². The molecule has 0 aromatic heterocycles. The highest BCUT2D eigenvalue weighted by Gasteiger charge is 2.28. The maximum atomic E-state index is 12.1. The molecule has 0 aliphatic carbocycles. The van der Waals surface area contributed by atoms with Gasteiger partial charge in [-0.25, -0.2) is 0 Å². The zero-order valence-electron chi connectivity index (χ0n) is 13.7. The second kappa shape index (κ2) is 10.6. The van der Waals surface area contributed by atoms with Gasteiger partial charge < -0.3 is 37.0 Å². The number of amides is 3. The normalized spacial score (nSPS) is 13.6. The molecule has 3 atom stereocenters. The number of carboxylic acids is 3. The van der Waals surface area contributed by atoms with E-state index in [1.165, 1.54) is 6.92 Å². The van der Waals surface area contributed by atoms with Crippen molar-refractivity contribution in [3.05, 3.63) is 0 Å². The molecular formula is C13H20N4O9. The Bertz CT molecular complexity index is 592. The van der Waals surface area contributed by atoms with Gasteiger partial charge in [0.2, 0.25) is 17.7 Å². The number of aliphatic carboxylic acids is 3. The number of carbonyl (C=O) groups is 6. The molecule has 3 unspecified atom stereocenters. The second-order valence-corrected chi connectivity index (χ2v) is 5.21. The van der Waals surface area contributed by atoms with Crippen LogP contribution in [0.15, 0.2) is 0 Å². The van der Waals surface area contributed by atoms with Crippen LogP contribution < -0.4 is 21.7 Å². The van der Waals surface area contributed by atoms with Crippen molar-refractivity contribution in [2.24, 2.45) is 5.73 Å². The summed E-state index contributed by atoms with van der Waals surface area (Å²) in [6.07, 6.45) is -1.58. The van der Waals surface area contributed by atoms with Crippen molar-refractivity contribution in [2.45, 2.75) is 37.9 Å². The Morgan fingerprint density at radius 3 is 1.81 bits per heavy atom. The summed E-state index contributed by atoms with van der Waals surface area (Å²) in [4.78, 5) is 67.2. The number of hydrogen-bond donors (Lipinski definition) is 7. The largest absolute Gasteiger partial charge is 0.481 e. The average Bonchev–Trinajstić information content (AvgIpc) is 2.50. The van der Waals surface area contributed by atoms with Gasteiger partial charge in [-0.05, 0) is 6.92 Å². The maximum absolute atomic E-state index is 12.1. The summed E-state index contributed by atoms with van der Waals surface area (Å²) in [5, 5.41) is 32.0. The minimum atomic E-state index is -1.62.